The number of amides is 1. The molecule has 0 aliphatic carbocycles. The van der Waals surface area contributed by atoms with Gasteiger partial charge in [0.2, 0.25) is 0 Å². The van der Waals surface area contributed by atoms with Gasteiger partial charge in [-0.15, -0.1) is 0 Å². The van der Waals surface area contributed by atoms with E-state index in [0.717, 1.165) is 5.56 Å². The first kappa shape index (κ1) is 12.4. The number of anilines is 1. The summed E-state index contributed by atoms with van der Waals surface area (Å²) in [6.45, 7) is 1.85. The van der Waals surface area contributed by atoms with Gasteiger partial charge in [0.15, 0.2) is 0 Å². The predicted octanol–water partition coefficient (Wildman–Crippen LogP) is 3.00. The van der Waals surface area contributed by atoms with Crippen LogP contribution in [0, 0.1) is 6.92 Å². The largest absolute Gasteiger partial charge is 0.506 e. The van der Waals surface area contributed by atoms with Crippen molar-refractivity contribution in [2.75, 3.05) is 5.32 Å². The number of aromatic nitrogens is 1. The molecule has 0 fully saturated rings. The second kappa shape index (κ2) is 5.06. The van der Waals surface area contributed by atoms with Gasteiger partial charge in [-0.3, -0.25) is 4.79 Å². The molecule has 0 atom stereocenters. The molecule has 4 nitrogen and oxygen atoms in total. The molecule has 92 valence electrons. The average Bonchev–Trinajstić information content (AvgIpc) is 2.32. The number of phenols is 1. The zero-order chi connectivity index (χ0) is 13.1. The molecule has 0 aliphatic rings. The number of nitrogens with one attached hydrogen (secondary N) is 1. The van der Waals surface area contributed by atoms with E-state index in [-0.39, 0.29) is 16.6 Å². The first-order valence-corrected chi connectivity index (χ1v) is 5.67. The van der Waals surface area contributed by atoms with Crippen LogP contribution in [0.2, 0.25) is 5.15 Å². The summed E-state index contributed by atoms with van der Waals surface area (Å²) in [4.78, 5) is 15.7. The van der Waals surface area contributed by atoms with Gasteiger partial charge in [0.25, 0.3) is 5.91 Å². The summed E-state index contributed by atoms with van der Waals surface area (Å²) in [5, 5.41) is 12.5. The molecule has 0 unspecified atom stereocenters. The van der Waals surface area contributed by atoms with Gasteiger partial charge in [-0.25, -0.2) is 4.98 Å². The third-order valence-corrected chi connectivity index (χ3v) is 2.56. The van der Waals surface area contributed by atoms with E-state index in [1.807, 2.05) is 6.92 Å². The molecule has 1 amide bonds. The second-order valence-electron chi connectivity index (χ2n) is 3.82. The number of aromatic hydroxyl groups is 1. The third-order valence-electron chi connectivity index (χ3n) is 2.35. The minimum absolute atomic E-state index is 0.0189. The van der Waals surface area contributed by atoms with Crippen LogP contribution in [0.1, 0.15) is 16.1 Å². The molecule has 0 saturated carbocycles. The molecule has 1 heterocycles. The quantitative estimate of drug-likeness (QED) is 0.646. The predicted molar refractivity (Wildman–Crippen MR) is 70.0 cm³/mol. The van der Waals surface area contributed by atoms with Crippen LogP contribution in [-0.2, 0) is 0 Å². The van der Waals surface area contributed by atoms with Crippen LogP contribution in [0.5, 0.6) is 5.75 Å². The standard InChI is InChI=1S/C13H11ClN2O2/c1-8-5-6-9(11(17)7-8)16-13(18)10-3-2-4-12(14)15-10/h2-7,17H,1H3,(H,16,18). The number of phenolic OH excluding ortho intramolecular Hbond substituents is 1. The zero-order valence-corrected chi connectivity index (χ0v) is 10.4. The molecular weight excluding hydrogens is 252 g/mol. The van der Waals surface area contributed by atoms with E-state index in [2.05, 4.69) is 10.3 Å². The van der Waals surface area contributed by atoms with Crippen molar-refractivity contribution in [3.63, 3.8) is 0 Å². The van der Waals surface area contributed by atoms with Crippen molar-refractivity contribution in [3.8, 4) is 5.75 Å². The van der Waals surface area contributed by atoms with Gasteiger partial charge < -0.3 is 10.4 Å². The van der Waals surface area contributed by atoms with Crippen LogP contribution in [-0.4, -0.2) is 16.0 Å². The van der Waals surface area contributed by atoms with E-state index in [4.69, 9.17) is 11.6 Å². The molecule has 1 aromatic carbocycles. The Morgan fingerprint density at radius 3 is 2.78 bits per heavy atom. The van der Waals surface area contributed by atoms with Crippen molar-refractivity contribution in [2.24, 2.45) is 0 Å². The highest BCUT2D eigenvalue weighted by Gasteiger charge is 2.10. The average molecular weight is 263 g/mol. The number of carbonyl (C=O) groups excluding carboxylic acids is 1. The summed E-state index contributed by atoms with van der Waals surface area (Å²) in [6.07, 6.45) is 0. The maximum absolute atomic E-state index is 11.9. The summed E-state index contributed by atoms with van der Waals surface area (Å²) in [5.41, 5.74) is 1.45. The lowest BCUT2D eigenvalue weighted by atomic mass is 10.2. The van der Waals surface area contributed by atoms with Crippen molar-refractivity contribution >= 4 is 23.2 Å². The summed E-state index contributed by atoms with van der Waals surface area (Å²) in [6, 6.07) is 9.77. The van der Waals surface area contributed by atoms with Crippen molar-refractivity contribution < 1.29 is 9.90 Å². The molecule has 1 aromatic heterocycles. The van der Waals surface area contributed by atoms with Gasteiger partial charge in [0.1, 0.15) is 16.6 Å². The number of benzene rings is 1. The minimum atomic E-state index is -0.420. The van der Waals surface area contributed by atoms with Crippen molar-refractivity contribution in [3.05, 3.63) is 52.8 Å². The lowest BCUT2D eigenvalue weighted by Gasteiger charge is -2.07. The Labute approximate surface area is 109 Å². The smallest absolute Gasteiger partial charge is 0.274 e. The molecule has 18 heavy (non-hydrogen) atoms. The van der Waals surface area contributed by atoms with Gasteiger partial charge in [-0.05, 0) is 36.8 Å². The highest BCUT2D eigenvalue weighted by atomic mass is 35.5. The van der Waals surface area contributed by atoms with Crippen LogP contribution in [0.15, 0.2) is 36.4 Å². The fourth-order valence-electron chi connectivity index (χ4n) is 1.47. The van der Waals surface area contributed by atoms with Crippen molar-refractivity contribution in [1.29, 1.82) is 0 Å². The number of halogens is 1. The number of aryl methyl sites for hydroxylation is 1. The Balaban J connectivity index is 2.21. The van der Waals surface area contributed by atoms with Crippen LogP contribution in [0.3, 0.4) is 0 Å². The fraction of sp³-hybridized carbons (Fsp3) is 0.0769. The maximum Gasteiger partial charge on any atom is 0.274 e. The van der Waals surface area contributed by atoms with E-state index in [9.17, 15) is 9.90 Å². The molecule has 5 heteroatoms. The van der Waals surface area contributed by atoms with E-state index < -0.39 is 5.91 Å². The molecule has 0 aliphatic heterocycles. The van der Waals surface area contributed by atoms with E-state index >= 15 is 0 Å². The third kappa shape index (κ3) is 2.78. The number of hydrogen-bond acceptors (Lipinski definition) is 3. The molecule has 0 radical (unpaired) electrons. The fourth-order valence-corrected chi connectivity index (χ4v) is 1.63. The number of carbonyl (C=O) groups is 1. The van der Waals surface area contributed by atoms with Crippen LogP contribution < -0.4 is 5.32 Å². The van der Waals surface area contributed by atoms with E-state index in [0.29, 0.717) is 5.69 Å². The van der Waals surface area contributed by atoms with E-state index in [1.54, 1.807) is 36.4 Å². The Hall–Kier alpha value is -2.07. The number of nitrogens with zero attached hydrogens (tertiary/aromatic N) is 1. The highest BCUT2D eigenvalue weighted by molar-refractivity contribution is 6.29. The Morgan fingerprint density at radius 1 is 1.33 bits per heavy atom. The van der Waals surface area contributed by atoms with Gasteiger partial charge in [-0.2, -0.15) is 0 Å². The minimum Gasteiger partial charge on any atom is -0.506 e. The van der Waals surface area contributed by atoms with Gasteiger partial charge >= 0.3 is 0 Å². The molecule has 2 aromatic rings. The molecule has 0 spiro atoms. The number of hydrogen-bond donors (Lipinski definition) is 2. The zero-order valence-electron chi connectivity index (χ0n) is 9.64. The summed E-state index contributed by atoms with van der Waals surface area (Å²) >= 11 is 5.70. The molecule has 0 bridgehead atoms. The lowest BCUT2D eigenvalue weighted by Crippen LogP contribution is -2.13. The van der Waals surface area contributed by atoms with Crippen LogP contribution in [0.25, 0.3) is 0 Å². The topological polar surface area (TPSA) is 62.2 Å². The second-order valence-corrected chi connectivity index (χ2v) is 4.21. The summed E-state index contributed by atoms with van der Waals surface area (Å²) in [7, 11) is 0. The van der Waals surface area contributed by atoms with Crippen LogP contribution in [0.4, 0.5) is 5.69 Å². The normalized spacial score (nSPS) is 10.1. The Bertz CT molecular complexity index is 599. The SMILES string of the molecule is Cc1ccc(NC(=O)c2cccc(Cl)n2)c(O)c1. The Kier molecular flexibility index (Phi) is 3.48. The molecule has 0 saturated heterocycles. The summed E-state index contributed by atoms with van der Waals surface area (Å²) < 4.78 is 0. The highest BCUT2D eigenvalue weighted by Crippen LogP contribution is 2.24. The molecular formula is C13H11ClN2O2. The molecule has 2 rings (SSSR count). The summed E-state index contributed by atoms with van der Waals surface area (Å²) in [5.74, 6) is -0.401. The maximum atomic E-state index is 11.9. The van der Waals surface area contributed by atoms with Gasteiger partial charge in [0, 0.05) is 0 Å². The Morgan fingerprint density at radius 2 is 2.11 bits per heavy atom. The lowest BCUT2D eigenvalue weighted by molar-refractivity contribution is 0.102. The van der Waals surface area contributed by atoms with E-state index in [1.165, 1.54) is 0 Å². The first-order chi connectivity index (χ1) is 8.56. The monoisotopic (exact) mass is 262 g/mol. The first-order valence-electron chi connectivity index (χ1n) is 5.30. The van der Waals surface area contributed by atoms with Gasteiger partial charge in [0.05, 0.1) is 5.69 Å². The number of rotatable bonds is 2. The van der Waals surface area contributed by atoms with Gasteiger partial charge in [-0.1, -0.05) is 23.7 Å². The van der Waals surface area contributed by atoms with Crippen LogP contribution >= 0.6 is 11.6 Å². The van der Waals surface area contributed by atoms with Crippen molar-refractivity contribution in [1.82, 2.24) is 4.98 Å². The number of pyridine rings is 1. The molecule has 2 N–H and O–H groups in total. The van der Waals surface area contributed by atoms with Crippen molar-refractivity contribution in [2.45, 2.75) is 6.92 Å².